The Morgan fingerprint density at radius 3 is 1.93 bits per heavy atom. The maximum absolute atomic E-state index is 9.96. The minimum Gasteiger partial charge on any atom is -0.481 e. The van der Waals surface area contributed by atoms with E-state index >= 15 is 0 Å². The summed E-state index contributed by atoms with van der Waals surface area (Å²) >= 11 is 0. The lowest BCUT2D eigenvalue weighted by molar-refractivity contribution is -0.137. The highest BCUT2D eigenvalue weighted by Gasteiger charge is 1.93. The Morgan fingerprint density at radius 1 is 1.07 bits per heavy atom. The standard InChI is InChI=1S/C7H14O2.C4H4N2/c1-2-3-4-5-6-7(8)9;1-2-6-4-3-5-1/h2-6H2,1H3,(H,8,9);1-4H. The number of aliphatic carboxylic acids is 1. The molecule has 0 amide bonds. The predicted molar refractivity (Wildman–Crippen MR) is 58.4 cm³/mol. The number of rotatable bonds is 5. The molecular weight excluding hydrogens is 192 g/mol. The first kappa shape index (κ1) is 13.5. The number of carbonyl (C=O) groups is 1. The van der Waals surface area contributed by atoms with Crippen LogP contribution in [0.25, 0.3) is 0 Å². The summed E-state index contributed by atoms with van der Waals surface area (Å²) in [4.78, 5) is 17.4. The van der Waals surface area contributed by atoms with E-state index in [1.54, 1.807) is 24.8 Å². The van der Waals surface area contributed by atoms with Gasteiger partial charge in [0.15, 0.2) is 0 Å². The quantitative estimate of drug-likeness (QED) is 0.758. The fourth-order valence-electron chi connectivity index (χ4n) is 0.956. The van der Waals surface area contributed by atoms with E-state index in [4.69, 9.17) is 5.11 Å². The second-order valence-corrected chi connectivity index (χ2v) is 3.10. The van der Waals surface area contributed by atoms with Crippen molar-refractivity contribution in [1.82, 2.24) is 9.97 Å². The smallest absolute Gasteiger partial charge is 0.303 e. The molecule has 0 saturated carbocycles. The highest BCUT2D eigenvalue weighted by molar-refractivity contribution is 5.66. The molecule has 0 spiro atoms. The van der Waals surface area contributed by atoms with E-state index in [-0.39, 0.29) is 0 Å². The molecule has 1 heterocycles. The van der Waals surface area contributed by atoms with Gasteiger partial charge in [-0.05, 0) is 6.42 Å². The molecule has 1 aromatic heterocycles. The molecule has 0 radical (unpaired) electrons. The third-order valence-corrected chi connectivity index (χ3v) is 1.72. The first-order chi connectivity index (χ1) is 7.27. The van der Waals surface area contributed by atoms with Gasteiger partial charge in [0.25, 0.3) is 0 Å². The molecule has 4 nitrogen and oxygen atoms in total. The van der Waals surface area contributed by atoms with E-state index in [0.717, 1.165) is 19.3 Å². The van der Waals surface area contributed by atoms with Crippen LogP contribution in [0.2, 0.25) is 0 Å². The van der Waals surface area contributed by atoms with E-state index in [1.165, 1.54) is 6.42 Å². The van der Waals surface area contributed by atoms with Gasteiger partial charge < -0.3 is 5.11 Å². The summed E-state index contributed by atoms with van der Waals surface area (Å²) in [6, 6.07) is 0. The lowest BCUT2D eigenvalue weighted by Gasteiger charge is -1.92. The molecule has 0 atom stereocenters. The van der Waals surface area contributed by atoms with Crippen molar-refractivity contribution < 1.29 is 9.90 Å². The van der Waals surface area contributed by atoms with Gasteiger partial charge in [-0.15, -0.1) is 0 Å². The van der Waals surface area contributed by atoms with Gasteiger partial charge in [-0.1, -0.05) is 26.2 Å². The zero-order chi connectivity index (χ0) is 11.4. The van der Waals surface area contributed by atoms with Gasteiger partial charge in [-0.25, -0.2) is 0 Å². The van der Waals surface area contributed by atoms with E-state index in [1.807, 2.05) is 0 Å². The number of hydrogen-bond donors (Lipinski definition) is 1. The fraction of sp³-hybridized carbons (Fsp3) is 0.545. The Morgan fingerprint density at radius 2 is 1.60 bits per heavy atom. The first-order valence-electron chi connectivity index (χ1n) is 5.19. The number of hydrogen-bond acceptors (Lipinski definition) is 3. The van der Waals surface area contributed by atoms with Crippen LogP contribution in [0.1, 0.15) is 39.0 Å². The first-order valence-corrected chi connectivity index (χ1v) is 5.19. The van der Waals surface area contributed by atoms with Crippen LogP contribution in [0.5, 0.6) is 0 Å². The van der Waals surface area contributed by atoms with Gasteiger partial charge in [-0.3, -0.25) is 14.8 Å². The molecule has 1 N–H and O–H groups in total. The molecule has 4 heteroatoms. The number of carboxylic acid groups (broad SMARTS) is 1. The largest absolute Gasteiger partial charge is 0.481 e. The van der Waals surface area contributed by atoms with Gasteiger partial charge in [0, 0.05) is 31.2 Å². The Bertz CT molecular complexity index is 213. The maximum Gasteiger partial charge on any atom is 0.303 e. The van der Waals surface area contributed by atoms with Crippen LogP contribution in [0, 0.1) is 0 Å². The monoisotopic (exact) mass is 210 g/mol. The van der Waals surface area contributed by atoms with Crippen LogP contribution >= 0.6 is 0 Å². The average molecular weight is 210 g/mol. The Hall–Kier alpha value is -1.45. The van der Waals surface area contributed by atoms with Gasteiger partial charge in [-0.2, -0.15) is 0 Å². The van der Waals surface area contributed by atoms with Gasteiger partial charge in [0.2, 0.25) is 0 Å². The van der Waals surface area contributed by atoms with Crippen molar-refractivity contribution in [3.8, 4) is 0 Å². The molecule has 1 rings (SSSR count). The van der Waals surface area contributed by atoms with Crippen molar-refractivity contribution in [2.24, 2.45) is 0 Å². The second-order valence-electron chi connectivity index (χ2n) is 3.10. The van der Waals surface area contributed by atoms with Crippen LogP contribution in [-0.4, -0.2) is 21.0 Å². The number of carboxylic acids is 1. The molecule has 15 heavy (non-hydrogen) atoms. The van der Waals surface area contributed by atoms with Crippen LogP contribution < -0.4 is 0 Å². The summed E-state index contributed by atoms with van der Waals surface area (Å²) in [7, 11) is 0. The average Bonchev–Trinajstić information content (AvgIpc) is 2.28. The zero-order valence-corrected chi connectivity index (χ0v) is 9.09. The summed E-state index contributed by atoms with van der Waals surface area (Å²) in [5, 5.41) is 8.21. The van der Waals surface area contributed by atoms with Crippen molar-refractivity contribution in [2.75, 3.05) is 0 Å². The van der Waals surface area contributed by atoms with Crippen LogP contribution in [0.4, 0.5) is 0 Å². The molecule has 0 aliphatic carbocycles. The van der Waals surface area contributed by atoms with Crippen LogP contribution in [0.15, 0.2) is 24.8 Å². The van der Waals surface area contributed by atoms with Crippen molar-refractivity contribution in [3.05, 3.63) is 24.8 Å². The SMILES string of the molecule is CCCCCCC(=O)O.c1cnccn1. The van der Waals surface area contributed by atoms with Gasteiger partial charge in [0.1, 0.15) is 0 Å². The highest BCUT2D eigenvalue weighted by atomic mass is 16.4. The third kappa shape index (κ3) is 12.5. The van der Waals surface area contributed by atoms with Crippen LogP contribution in [0.3, 0.4) is 0 Å². The number of unbranched alkanes of at least 4 members (excludes halogenated alkanes) is 3. The normalized spacial score (nSPS) is 8.87. The van der Waals surface area contributed by atoms with Gasteiger partial charge >= 0.3 is 5.97 Å². The summed E-state index contributed by atoms with van der Waals surface area (Å²) in [6.07, 6.45) is 11.1. The number of aromatic nitrogens is 2. The minimum absolute atomic E-state index is 0.333. The third-order valence-electron chi connectivity index (χ3n) is 1.72. The predicted octanol–water partition coefficient (Wildman–Crippen LogP) is 2.52. The molecule has 0 saturated heterocycles. The molecule has 1 aromatic rings. The Labute approximate surface area is 90.4 Å². The lowest BCUT2D eigenvalue weighted by Crippen LogP contribution is -1.92. The zero-order valence-electron chi connectivity index (χ0n) is 9.09. The van der Waals surface area contributed by atoms with Crippen molar-refractivity contribution in [2.45, 2.75) is 39.0 Å². The minimum atomic E-state index is -0.675. The van der Waals surface area contributed by atoms with Crippen molar-refractivity contribution in [3.63, 3.8) is 0 Å². The Kier molecular flexibility index (Phi) is 9.60. The molecule has 0 fully saturated rings. The molecule has 0 aliphatic heterocycles. The topological polar surface area (TPSA) is 63.1 Å². The fourth-order valence-corrected chi connectivity index (χ4v) is 0.956. The summed E-state index contributed by atoms with van der Waals surface area (Å²) in [5.74, 6) is -0.675. The van der Waals surface area contributed by atoms with E-state index in [9.17, 15) is 4.79 Å². The summed E-state index contributed by atoms with van der Waals surface area (Å²) in [6.45, 7) is 2.11. The number of nitrogens with zero attached hydrogens (tertiary/aromatic N) is 2. The maximum atomic E-state index is 9.96. The molecular formula is C11H18N2O2. The van der Waals surface area contributed by atoms with Crippen molar-refractivity contribution in [1.29, 1.82) is 0 Å². The van der Waals surface area contributed by atoms with E-state index in [2.05, 4.69) is 16.9 Å². The van der Waals surface area contributed by atoms with Crippen molar-refractivity contribution >= 4 is 5.97 Å². The Balaban J connectivity index is 0.000000280. The summed E-state index contributed by atoms with van der Waals surface area (Å²) < 4.78 is 0. The van der Waals surface area contributed by atoms with Gasteiger partial charge in [0.05, 0.1) is 0 Å². The molecule has 0 bridgehead atoms. The lowest BCUT2D eigenvalue weighted by atomic mass is 10.2. The van der Waals surface area contributed by atoms with Crippen LogP contribution in [-0.2, 0) is 4.79 Å². The summed E-state index contributed by atoms with van der Waals surface area (Å²) in [5.41, 5.74) is 0. The molecule has 0 aliphatic rings. The molecule has 0 unspecified atom stereocenters. The van der Waals surface area contributed by atoms with E-state index in [0.29, 0.717) is 6.42 Å². The highest BCUT2D eigenvalue weighted by Crippen LogP contribution is 2.01. The second kappa shape index (κ2) is 10.6. The van der Waals surface area contributed by atoms with E-state index < -0.39 is 5.97 Å². The molecule has 0 aromatic carbocycles. The molecule has 84 valence electrons.